The lowest BCUT2D eigenvalue weighted by Crippen LogP contribution is -2.28. The summed E-state index contributed by atoms with van der Waals surface area (Å²) in [4.78, 5) is 0. The van der Waals surface area contributed by atoms with Crippen molar-refractivity contribution in [3.05, 3.63) is 18.0 Å². The highest BCUT2D eigenvalue weighted by Crippen LogP contribution is 2.29. The van der Waals surface area contributed by atoms with Crippen LogP contribution in [0.25, 0.3) is 0 Å². The quantitative estimate of drug-likeness (QED) is 0.724. The standard InChI is InChI=1S/C15H29N3/c1-5-8-13(9-6-2)15(16-4)14-10-11-17-18(14)12-7-3/h10-11,13,15-16H,5-9,12H2,1-4H3. The van der Waals surface area contributed by atoms with E-state index in [1.165, 1.54) is 31.4 Å². The summed E-state index contributed by atoms with van der Waals surface area (Å²) >= 11 is 0. The van der Waals surface area contributed by atoms with Crippen LogP contribution in [0.2, 0.25) is 0 Å². The summed E-state index contributed by atoms with van der Waals surface area (Å²) in [6, 6.07) is 2.62. The minimum atomic E-state index is 0.443. The number of rotatable bonds is 9. The molecule has 3 heteroatoms. The molecule has 0 radical (unpaired) electrons. The molecule has 104 valence electrons. The van der Waals surface area contributed by atoms with E-state index in [1.54, 1.807) is 0 Å². The average molecular weight is 251 g/mol. The van der Waals surface area contributed by atoms with Crippen LogP contribution in [0.5, 0.6) is 0 Å². The number of aryl methyl sites for hydroxylation is 1. The van der Waals surface area contributed by atoms with Crippen molar-refractivity contribution in [3.63, 3.8) is 0 Å². The molecule has 1 aromatic rings. The molecular formula is C15H29N3. The second-order valence-electron chi connectivity index (χ2n) is 5.08. The first kappa shape index (κ1) is 15.2. The molecule has 1 N–H and O–H groups in total. The number of hydrogen-bond acceptors (Lipinski definition) is 2. The van der Waals surface area contributed by atoms with Gasteiger partial charge in [-0.05, 0) is 38.3 Å². The Morgan fingerprint density at radius 3 is 2.33 bits per heavy atom. The predicted octanol–water partition coefficient (Wildman–Crippen LogP) is 3.77. The molecule has 0 aromatic carbocycles. The van der Waals surface area contributed by atoms with Crippen molar-refractivity contribution < 1.29 is 0 Å². The minimum Gasteiger partial charge on any atom is -0.311 e. The van der Waals surface area contributed by atoms with Crippen molar-refractivity contribution in [1.29, 1.82) is 0 Å². The first-order chi connectivity index (χ1) is 8.78. The SMILES string of the molecule is CCCC(CCC)C(NC)c1ccnn1CCC. The Hall–Kier alpha value is -0.830. The normalized spacial score (nSPS) is 13.2. The van der Waals surface area contributed by atoms with E-state index >= 15 is 0 Å². The van der Waals surface area contributed by atoms with Crippen LogP contribution in [0.15, 0.2) is 12.3 Å². The zero-order valence-corrected chi connectivity index (χ0v) is 12.4. The molecule has 1 unspecified atom stereocenters. The molecule has 1 aromatic heterocycles. The molecule has 0 saturated carbocycles. The summed E-state index contributed by atoms with van der Waals surface area (Å²) in [5.41, 5.74) is 1.35. The van der Waals surface area contributed by atoms with Crippen LogP contribution in [0.3, 0.4) is 0 Å². The van der Waals surface area contributed by atoms with E-state index in [4.69, 9.17) is 0 Å². The van der Waals surface area contributed by atoms with Gasteiger partial charge in [0.15, 0.2) is 0 Å². The van der Waals surface area contributed by atoms with Crippen LogP contribution in [-0.2, 0) is 6.54 Å². The monoisotopic (exact) mass is 251 g/mol. The lowest BCUT2D eigenvalue weighted by Gasteiger charge is -2.27. The maximum Gasteiger partial charge on any atom is 0.0556 e. The molecule has 0 aliphatic rings. The Kier molecular flexibility index (Phi) is 7.02. The van der Waals surface area contributed by atoms with Crippen LogP contribution < -0.4 is 5.32 Å². The van der Waals surface area contributed by atoms with E-state index in [-0.39, 0.29) is 0 Å². The van der Waals surface area contributed by atoms with E-state index in [1.807, 2.05) is 6.20 Å². The van der Waals surface area contributed by atoms with E-state index in [9.17, 15) is 0 Å². The molecule has 3 nitrogen and oxygen atoms in total. The third-order valence-corrected chi connectivity index (χ3v) is 3.60. The van der Waals surface area contributed by atoms with Gasteiger partial charge in [-0.2, -0.15) is 5.10 Å². The molecule has 0 spiro atoms. The van der Waals surface area contributed by atoms with Gasteiger partial charge in [0.05, 0.1) is 11.7 Å². The number of hydrogen-bond donors (Lipinski definition) is 1. The average Bonchev–Trinajstić information content (AvgIpc) is 2.80. The van der Waals surface area contributed by atoms with Gasteiger partial charge in [-0.25, -0.2) is 0 Å². The van der Waals surface area contributed by atoms with Crippen LogP contribution in [0, 0.1) is 5.92 Å². The van der Waals surface area contributed by atoms with Crippen molar-refractivity contribution >= 4 is 0 Å². The van der Waals surface area contributed by atoms with Crippen molar-refractivity contribution in [2.45, 2.75) is 65.5 Å². The molecule has 0 bridgehead atoms. The molecular weight excluding hydrogens is 222 g/mol. The second kappa shape index (κ2) is 8.30. The van der Waals surface area contributed by atoms with Crippen molar-refractivity contribution in [1.82, 2.24) is 15.1 Å². The second-order valence-corrected chi connectivity index (χ2v) is 5.08. The zero-order valence-electron chi connectivity index (χ0n) is 12.4. The van der Waals surface area contributed by atoms with Gasteiger partial charge in [0.1, 0.15) is 0 Å². The summed E-state index contributed by atoms with van der Waals surface area (Å²) in [7, 11) is 2.08. The third kappa shape index (κ3) is 3.84. The molecule has 18 heavy (non-hydrogen) atoms. The number of nitrogens with one attached hydrogen (secondary N) is 1. The lowest BCUT2D eigenvalue weighted by atomic mass is 9.88. The maximum atomic E-state index is 4.45. The molecule has 0 fully saturated rings. The molecule has 0 saturated heterocycles. The highest BCUT2D eigenvalue weighted by molar-refractivity contribution is 5.08. The largest absolute Gasteiger partial charge is 0.311 e. The topological polar surface area (TPSA) is 29.9 Å². The summed E-state index contributed by atoms with van der Waals surface area (Å²) in [6.45, 7) is 7.78. The summed E-state index contributed by atoms with van der Waals surface area (Å²) in [6.07, 6.45) is 8.16. The fourth-order valence-corrected chi connectivity index (χ4v) is 2.85. The molecule has 1 rings (SSSR count). The Balaban J connectivity index is 2.87. The Bertz CT molecular complexity index is 313. The van der Waals surface area contributed by atoms with Crippen LogP contribution >= 0.6 is 0 Å². The van der Waals surface area contributed by atoms with Gasteiger partial charge in [0.2, 0.25) is 0 Å². The minimum absolute atomic E-state index is 0.443. The molecule has 1 heterocycles. The Morgan fingerprint density at radius 1 is 1.17 bits per heavy atom. The van der Waals surface area contributed by atoms with E-state index in [0.717, 1.165) is 18.9 Å². The van der Waals surface area contributed by atoms with Gasteiger partial charge in [-0.15, -0.1) is 0 Å². The first-order valence-electron chi connectivity index (χ1n) is 7.47. The molecule has 1 atom stereocenters. The van der Waals surface area contributed by atoms with Gasteiger partial charge in [-0.1, -0.05) is 33.6 Å². The van der Waals surface area contributed by atoms with Crippen LogP contribution in [0.1, 0.15) is 64.6 Å². The molecule has 0 aliphatic carbocycles. The van der Waals surface area contributed by atoms with Crippen molar-refractivity contribution in [2.24, 2.45) is 5.92 Å². The van der Waals surface area contributed by atoms with E-state index < -0.39 is 0 Å². The summed E-state index contributed by atoms with van der Waals surface area (Å²) < 4.78 is 2.17. The van der Waals surface area contributed by atoms with E-state index in [2.05, 4.69) is 49.0 Å². The van der Waals surface area contributed by atoms with Gasteiger partial charge < -0.3 is 5.32 Å². The van der Waals surface area contributed by atoms with Crippen molar-refractivity contribution in [3.8, 4) is 0 Å². The predicted molar refractivity (Wildman–Crippen MR) is 77.6 cm³/mol. The van der Waals surface area contributed by atoms with Gasteiger partial charge in [0.25, 0.3) is 0 Å². The van der Waals surface area contributed by atoms with Gasteiger partial charge >= 0.3 is 0 Å². The summed E-state index contributed by atoms with van der Waals surface area (Å²) in [5.74, 6) is 0.720. The molecule has 0 amide bonds. The summed E-state index contributed by atoms with van der Waals surface area (Å²) in [5, 5.41) is 7.97. The lowest BCUT2D eigenvalue weighted by molar-refractivity contribution is 0.314. The highest BCUT2D eigenvalue weighted by Gasteiger charge is 2.23. The molecule has 0 aliphatic heterocycles. The Labute approximate surface area is 112 Å². The fraction of sp³-hybridized carbons (Fsp3) is 0.800. The maximum absolute atomic E-state index is 4.45. The fourth-order valence-electron chi connectivity index (χ4n) is 2.85. The van der Waals surface area contributed by atoms with Crippen molar-refractivity contribution in [2.75, 3.05) is 7.05 Å². The smallest absolute Gasteiger partial charge is 0.0556 e. The highest BCUT2D eigenvalue weighted by atomic mass is 15.3. The number of aromatic nitrogens is 2. The van der Waals surface area contributed by atoms with Crippen LogP contribution in [0.4, 0.5) is 0 Å². The zero-order chi connectivity index (χ0) is 13.4. The third-order valence-electron chi connectivity index (χ3n) is 3.60. The first-order valence-corrected chi connectivity index (χ1v) is 7.47. The Morgan fingerprint density at radius 2 is 1.83 bits per heavy atom. The number of nitrogens with zero attached hydrogens (tertiary/aromatic N) is 2. The van der Waals surface area contributed by atoms with E-state index in [0.29, 0.717) is 6.04 Å². The van der Waals surface area contributed by atoms with Gasteiger partial charge in [-0.3, -0.25) is 4.68 Å². The van der Waals surface area contributed by atoms with Crippen LogP contribution in [-0.4, -0.2) is 16.8 Å². The van der Waals surface area contributed by atoms with Gasteiger partial charge in [0, 0.05) is 12.7 Å².